The molecule has 1 saturated heterocycles. The van der Waals surface area contributed by atoms with Gasteiger partial charge in [-0.15, -0.1) is 0 Å². The summed E-state index contributed by atoms with van der Waals surface area (Å²) in [4.78, 5) is 34.0. The Hall–Kier alpha value is -3.33. The summed E-state index contributed by atoms with van der Waals surface area (Å²) in [6, 6.07) is 7.30. The van der Waals surface area contributed by atoms with Crippen LogP contribution in [0.1, 0.15) is 60.2 Å². The Labute approximate surface area is 221 Å². The van der Waals surface area contributed by atoms with Crippen molar-refractivity contribution < 1.29 is 19.1 Å². The number of carbonyl (C=O) groups excluding carboxylic acids is 2. The van der Waals surface area contributed by atoms with E-state index in [0.717, 1.165) is 34.7 Å². The lowest BCUT2D eigenvalue weighted by Crippen LogP contribution is -2.35. The summed E-state index contributed by atoms with van der Waals surface area (Å²) in [6.45, 7) is 11.8. The van der Waals surface area contributed by atoms with Crippen molar-refractivity contribution in [2.45, 2.75) is 59.7 Å². The predicted molar refractivity (Wildman–Crippen MR) is 139 cm³/mol. The van der Waals surface area contributed by atoms with E-state index in [1.807, 2.05) is 52.8 Å². The fraction of sp³-hybridized carbons (Fsp3) is 0.481. The van der Waals surface area contributed by atoms with Gasteiger partial charge in [-0.2, -0.15) is 5.10 Å². The van der Waals surface area contributed by atoms with Crippen LogP contribution in [0.4, 0.5) is 4.79 Å². The molecule has 0 spiro atoms. The highest BCUT2D eigenvalue weighted by molar-refractivity contribution is 6.31. The van der Waals surface area contributed by atoms with Crippen molar-refractivity contribution in [3.63, 3.8) is 0 Å². The van der Waals surface area contributed by atoms with Gasteiger partial charge in [0, 0.05) is 24.6 Å². The number of likely N-dealkylation sites (tertiary alicyclic amines) is 1. The smallest absolute Gasteiger partial charge is 0.410 e. The number of halogens is 1. The Morgan fingerprint density at radius 2 is 1.89 bits per heavy atom. The highest BCUT2D eigenvalue weighted by Gasteiger charge is 2.33. The number of benzene rings is 1. The van der Waals surface area contributed by atoms with Crippen LogP contribution in [-0.4, -0.2) is 61.7 Å². The SMILES string of the molecule is Cc1nc2c3c(nn2c(C)c1Cl)CN(C(=O)c1ccccc1OCC1CCN(C(=O)OC(C)(C)C)C1)C3. The first-order valence-corrected chi connectivity index (χ1v) is 12.9. The first-order valence-electron chi connectivity index (χ1n) is 12.5. The molecule has 10 heteroatoms. The first kappa shape index (κ1) is 25.3. The highest BCUT2D eigenvalue weighted by atomic mass is 35.5. The molecule has 1 fully saturated rings. The van der Waals surface area contributed by atoms with Crippen molar-refractivity contribution >= 4 is 29.2 Å². The topological polar surface area (TPSA) is 89.3 Å². The lowest BCUT2D eigenvalue weighted by Gasteiger charge is -2.24. The maximum absolute atomic E-state index is 13.5. The molecule has 4 heterocycles. The molecule has 0 aliphatic carbocycles. The third-order valence-corrected chi connectivity index (χ3v) is 7.32. The van der Waals surface area contributed by atoms with Crippen molar-refractivity contribution in [3.05, 3.63) is 57.5 Å². The van der Waals surface area contributed by atoms with Gasteiger partial charge >= 0.3 is 6.09 Å². The Bertz CT molecular complexity index is 1380. The Balaban J connectivity index is 1.25. The maximum atomic E-state index is 13.5. The molecule has 2 aliphatic rings. The fourth-order valence-corrected chi connectivity index (χ4v) is 4.99. The molecule has 0 bridgehead atoms. The molecule has 5 rings (SSSR count). The van der Waals surface area contributed by atoms with Gasteiger partial charge in [0.05, 0.1) is 47.4 Å². The van der Waals surface area contributed by atoms with Crippen molar-refractivity contribution in [2.24, 2.45) is 5.92 Å². The van der Waals surface area contributed by atoms with Gasteiger partial charge in [-0.25, -0.2) is 14.3 Å². The van der Waals surface area contributed by atoms with E-state index < -0.39 is 5.60 Å². The monoisotopic (exact) mass is 525 g/mol. The van der Waals surface area contributed by atoms with E-state index in [1.54, 1.807) is 20.4 Å². The van der Waals surface area contributed by atoms with E-state index in [1.165, 1.54) is 0 Å². The van der Waals surface area contributed by atoms with E-state index in [9.17, 15) is 9.59 Å². The second-order valence-corrected chi connectivity index (χ2v) is 11.2. The zero-order valence-electron chi connectivity index (χ0n) is 21.9. The molecule has 196 valence electrons. The molecule has 1 unspecified atom stereocenters. The van der Waals surface area contributed by atoms with Crippen LogP contribution < -0.4 is 4.74 Å². The van der Waals surface area contributed by atoms with Gasteiger partial charge in [0.1, 0.15) is 11.4 Å². The summed E-state index contributed by atoms with van der Waals surface area (Å²) >= 11 is 6.35. The molecule has 3 aromatic rings. The maximum Gasteiger partial charge on any atom is 0.410 e. The second-order valence-electron chi connectivity index (χ2n) is 10.8. The highest BCUT2D eigenvalue weighted by Crippen LogP contribution is 2.31. The van der Waals surface area contributed by atoms with Crippen LogP contribution in [0, 0.1) is 19.8 Å². The number of nitrogens with zero attached hydrogens (tertiary/aromatic N) is 5. The first-order chi connectivity index (χ1) is 17.5. The van der Waals surface area contributed by atoms with Crippen LogP contribution in [-0.2, 0) is 17.8 Å². The standard InChI is InChI=1S/C27H32ClN5O4/c1-16-23(28)17(2)33-24(29-16)20-13-32(14-21(20)30-33)25(34)19-8-6-7-9-22(19)36-15-18-10-11-31(12-18)26(35)37-27(3,4)5/h6-9,18H,10-15H2,1-5H3. The van der Waals surface area contributed by atoms with Crippen molar-refractivity contribution in [1.82, 2.24) is 24.4 Å². The summed E-state index contributed by atoms with van der Waals surface area (Å²) in [6.07, 6.45) is 0.527. The number of hydrogen-bond acceptors (Lipinski definition) is 6. The van der Waals surface area contributed by atoms with Crippen LogP contribution in [0.15, 0.2) is 24.3 Å². The number of aromatic nitrogens is 3. The fourth-order valence-electron chi connectivity index (χ4n) is 4.87. The van der Waals surface area contributed by atoms with E-state index in [2.05, 4.69) is 10.1 Å². The molecule has 0 saturated carbocycles. The number of rotatable bonds is 4. The average Bonchev–Trinajstić information content (AvgIpc) is 3.56. The quantitative estimate of drug-likeness (QED) is 0.486. The van der Waals surface area contributed by atoms with Crippen LogP contribution >= 0.6 is 11.6 Å². The van der Waals surface area contributed by atoms with E-state index in [4.69, 9.17) is 21.1 Å². The van der Waals surface area contributed by atoms with Gasteiger partial charge in [-0.1, -0.05) is 23.7 Å². The number of para-hydroxylation sites is 1. The Morgan fingerprint density at radius 3 is 2.65 bits per heavy atom. The molecular weight excluding hydrogens is 494 g/mol. The Kier molecular flexibility index (Phi) is 6.52. The molecule has 1 atom stereocenters. The molecule has 9 nitrogen and oxygen atoms in total. The predicted octanol–water partition coefficient (Wildman–Crippen LogP) is 4.79. The van der Waals surface area contributed by atoms with Gasteiger partial charge in [0.25, 0.3) is 5.91 Å². The number of fused-ring (bicyclic) bond motifs is 3. The van der Waals surface area contributed by atoms with Crippen molar-refractivity contribution in [1.29, 1.82) is 0 Å². The molecule has 1 aromatic carbocycles. The summed E-state index contributed by atoms with van der Waals surface area (Å²) < 4.78 is 13.4. The summed E-state index contributed by atoms with van der Waals surface area (Å²) in [5, 5.41) is 5.28. The van der Waals surface area contributed by atoms with Gasteiger partial charge in [0.2, 0.25) is 0 Å². The number of ether oxygens (including phenoxy) is 2. The minimum atomic E-state index is -0.523. The molecule has 2 amide bonds. The number of amides is 2. The van der Waals surface area contributed by atoms with Crippen molar-refractivity contribution in [2.75, 3.05) is 19.7 Å². The second kappa shape index (κ2) is 9.52. The molecule has 37 heavy (non-hydrogen) atoms. The lowest BCUT2D eigenvalue weighted by molar-refractivity contribution is 0.0284. The normalized spacial score (nSPS) is 17.4. The van der Waals surface area contributed by atoms with Crippen LogP contribution in [0.3, 0.4) is 0 Å². The zero-order valence-corrected chi connectivity index (χ0v) is 22.6. The van der Waals surface area contributed by atoms with Gasteiger partial charge in [-0.3, -0.25) is 4.79 Å². The van der Waals surface area contributed by atoms with Gasteiger partial charge < -0.3 is 19.3 Å². The van der Waals surface area contributed by atoms with Crippen LogP contribution in [0.2, 0.25) is 5.02 Å². The average molecular weight is 526 g/mol. The Morgan fingerprint density at radius 1 is 1.14 bits per heavy atom. The van der Waals surface area contributed by atoms with E-state index in [0.29, 0.717) is 49.1 Å². The molecular formula is C27H32ClN5O4. The van der Waals surface area contributed by atoms with Gasteiger partial charge in [-0.05, 0) is 53.2 Å². The summed E-state index contributed by atoms with van der Waals surface area (Å²) in [5.74, 6) is 0.596. The molecule has 2 aliphatic heterocycles. The van der Waals surface area contributed by atoms with E-state index in [-0.39, 0.29) is 17.9 Å². The van der Waals surface area contributed by atoms with Crippen LogP contribution in [0.25, 0.3) is 5.65 Å². The third kappa shape index (κ3) is 4.97. The van der Waals surface area contributed by atoms with E-state index >= 15 is 0 Å². The zero-order chi connectivity index (χ0) is 26.5. The largest absolute Gasteiger partial charge is 0.492 e. The minimum absolute atomic E-state index is 0.115. The number of carbonyl (C=O) groups is 2. The minimum Gasteiger partial charge on any atom is -0.492 e. The summed E-state index contributed by atoms with van der Waals surface area (Å²) in [5.41, 5.74) is 4.09. The summed E-state index contributed by atoms with van der Waals surface area (Å²) in [7, 11) is 0. The van der Waals surface area contributed by atoms with Crippen LogP contribution in [0.5, 0.6) is 5.75 Å². The molecule has 2 aromatic heterocycles. The number of hydrogen-bond donors (Lipinski definition) is 0. The van der Waals surface area contributed by atoms with Gasteiger partial charge in [0.15, 0.2) is 5.65 Å². The number of aryl methyl sites for hydroxylation is 2. The molecule has 0 radical (unpaired) electrons. The lowest BCUT2D eigenvalue weighted by atomic mass is 10.1. The van der Waals surface area contributed by atoms with Crippen molar-refractivity contribution in [3.8, 4) is 5.75 Å². The third-order valence-electron chi connectivity index (χ3n) is 6.77. The molecule has 0 N–H and O–H groups in total.